The van der Waals surface area contributed by atoms with Gasteiger partial charge in [0.25, 0.3) is 0 Å². The number of rotatable bonds is 6. The van der Waals surface area contributed by atoms with Gasteiger partial charge in [-0.25, -0.2) is 13.2 Å². The molecular formula is C11H13KO7S. The fourth-order valence-corrected chi connectivity index (χ4v) is 1.91. The van der Waals surface area contributed by atoms with Gasteiger partial charge in [-0.1, -0.05) is 0 Å². The van der Waals surface area contributed by atoms with Crippen LogP contribution in [0.15, 0.2) is 23.1 Å². The monoisotopic (exact) mass is 328 g/mol. The summed E-state index contributed by atoms with van der Waals surface area (Å²) in [4.78, 5) is 10.6. The normalized spacial score (nSPS) is 10.3. The molecule has 1 rings (SSSR count). The summed E-state index contributed by atoms with van der Waals surface area (Å²) in [6.45, 7) is 1.58. The van der Waals surface area contributed by atoms with Crippen LogP contribution in [0.25, 0.3) is 0 Å². The molecule has 0 unspecified atom stereocenters. The largest absolute Gasteiger partial charge is 1.00 e. The predicted octanol–water partition coefficient (Wildman–Crippen LogP) is -2.45. The second kappa shape index (κ2) is 8.98. The van der Waals surface area contributed by atoms with Gasteiger partial charge in [-0.3, -0.25) is 0 Å². The van der Waals surface area contributed by atoms with E-state index < -0.39 is 21.0 Å². The molecule has 0 saturated heterocycles. The van der Waals surface area contributed by atoms with Crippen molar-refractivity contribution >= 4 is 16.1 Å². The second-order valence-electron chi connectivity index (χ2n) is 3.36. The summed E-state index contributed by atoms with van der Waals surface area (Å²) in [6, 6.07) is 3.53. The smallest absolute Gasteiger partial charge is 0.744 e. The molecule has 7 nitrogen and oxygen atoms in total. The summed E-state index contributed by atoms with van der Waals surface area (Å²) in [5, 5.41) is 0. The first-order chi connectivity index (χ1) is 8.88. The van der Waals surface area contributed by atoms with E-state index in [0.29, 0.717) is 0 Å². The first-order valence-corrected chi connectivity index (χ1v) is 6.71. The summed E-state index contributed by atoms with van der Waals surface area (Å²) >= 11 is 0. The molecule has 1 aromatic carbocycles. The molecule has 0 aliphatic carbocycles. The Morgan fingerprint density at radius 1 is 1.35 bits per heavy atom. The van der Waals surface area contributed by atoms with Crippen LogP contribution in [0.4, 0.5) is 0 Å². The zero-order valence-corrected chi connectivity index (χ0v) is 15.4. The molecule has 0 radical (unpaired) electrons. The van der Waals surface area contributed by atoms with Crippen LogP contribution in [0, 0.1) is 0 Å². The Hall–Kier alpha value is -0.164. The van der Waals surface area contributed by atoms with E-state index in [0.717, 1.165) is 6.07 Å². The van der Waals surface area contributed by atoms with Gasteiger partial charge in [-0.15, -0.1) is 0 Å². The zero-order chi connectivity index (χ0) is 14.5. The third-order valence-corrected chi connectivity index (χ3v) is 2.94. The van der Waals surface area contributed by atoms with Crippen molar-refractivity contribution in [1.82, 2.24) is 0 Å². The van der Waals surface area contributed by atoms with Crippen LogP contribution in [0.5, 0.6) is 11.5 Å². The zero-order valence-electron chi connectivity index (χ0n) is 11.4. The topological polar surface area (TPSA) is 102 Å². The van der Waals surface area contributed by atoms with Crippen molar-refractivity contribution in [1.29, 1.82) is 0 Å². The Morgan fingerprint density at radius 2 is 2.00 bits per heavy atom. The third-order valence-electron chi connectivity index (χ3n) is 2.07. The van der Waals surface area contributed by atoms with Crippen molar-refractivity contribution in [2.24, 2.45) is 0 Å². The fourth-order valence-electron chi connectivity index (χ4n) is 1.29. The quantitative estimate of drug-likeness (QED) is 0.324. The minimum absolute atomic E-state index is 0. The molecule has 0 atom stereocenters. The molecule has 0 aliphatic heterocycles. The number of carbonyl (C=O) groups is 1. The van der Waals surface area contributed by atoms with E-state index >= 15 is 0 Å². The molecule has 1 aromatic rings. The van der Waals surface area contributed by atoms with E-state index in [4.69, 9.17) is 9.47 Å². The van der Waals surface area contributed by atoms with E-state index in [1.807, 2.05) is 0 Å². The molecule has 0 saturated carbocycles. The van der Waals surface area contributed by atoms with Crippen LogP contribution in [-0.2, 0) is 19.6 Å². The summed E-state index contributed by atoms with van der Waals surface area (Å²) in [5.41, 5.74) is 0. The molecule has 0 bridgehead atoms. The van der Waals surface area contributed by atoms with Gasteiger partial charge in [0.05, 0.1) is 18.6 Å². The van der Waals surface area contributed by atoms with Gasteiger partial charge in [-0.05, 0) is 19.1 Å². The van der Waals surface area contributed by atoms with E-state index in [9.17, 15) is 17.8 Å². The minimum atomic E-state index is -4.62. The summed E-state index contributed by atoms with van der Waals surface area (Å²) in [6.07, 6.45) is 0. The number of esters is 1. The van der Waals surface area contributed by atoms with Crippen LogP contribution >= 0.6 is 0 Å². The fraction of sp³-hybridized carbons (Fsp3) is 0.364. The van der Waals surface area contributed by atoms with Crippen molar-refractivity contribution in [2.75, 3.05) is 20.3 Å². The number of benzene rings is 1. The maximum atomic E-state index is 11.1. The molecule has 20 heavy (non-hydrogen) atoms. The van der Waals surface area contributed by atoms with Gasteiger partial charge in [0.2, 0.25) is 0 Å². The Bertz CT molecular complexity index is 556. The Balaban J connectivity index is 0.00000361. The molecule has 0 spiro atoms. The van der Waals surface area contributed by atoms with Crippen LogP contribution in [0.1, 0.15) is 6.92 Å². The second-order valence-corrected chi connectivity index (χ2v) is 4.71. The Morgan fingerprint density at radius 3 is 2.50 bits per heavy atom. The molecule has 9 heteroatoms. The average Bonchev–Trinajstić information content (AvgIpc) is 2.35. The summed E-state index contributed by atoms with van der Waals surface area (Å²) < 4.78 is 47.3. The van der Waals surface area contributed by atoms with Crippen LogP contribution in [0.2, 0.25) is 0 Å². The summed E-state index contributed by atoms with van der Waals surface area (Å²) in [7, 11) is -3.40. The number of carbonyl (C=O) groups excluding carboxylic acids is 1. The maximum Gasteiger partial charge on any atom is 1.00 e. The molecule has 0 aliphatic rings. The van der Waals surface area contributed by atoms with Crippen LogP contribution < -0.4 is 60.9 Å². The van der Waals surface area contributed by atoms with E-state index in [1.54, 1.807) is 6.92 Å². The van der Waals surface area contributed by atoms with Crippen LogP contribution in [-0.4, -0.2) is 39.3 Å². The Kier molecular flexibility index (Phi) is 8.90. The number of ether oxygens (including phenoxy) is 3. The number of methoxy groups -OCH3 is 1. The number of hydrogen-bond donors (Lipinski definition) is 0. The van der Waals surface area contributed by atoms with Gasteiger partial charge in [0.15, 0.2) is 6.61 Å². The van der Waals surface area contributed by atoms with Gasteiger partial charge in [0.1, 0.15) is 21.6 Å². The van der Waals surface area contributed by atoms with Gasteiger partial charge in [-0.2, -0.15) is 0 Å². The van der Waals surface area contributed by atoms with Gasteiger partial charge >= 0.3 is 57.4 Å². The van der Waals surface area contributed by atoms with Gasteiger partial charge < -0.3 is 18.8 Å². The van der Waals surface area contributed by atoms with Crippen LogP contribution in [0.3, 0.4) is 0 Å². The molecular weight excluding hydrogens is 315 g/mol. The predicted molar refractivity (Wildman–Crippen MR) is 63.1 cm³/mol. The van der Waals surface area contributed by atoms with E-state index in [-0.39, 0.29) is 76.1 Å². The van der Waals surface area contributed by atoms with Crippen molar-refractivity contribution in [3.8, 4) is 11.5 Å². The first kappa shape index (κ1) is 19.8. The van der Waals surface area contributed by atoms with E-state index in [1.165, 1.54) is 19.2 Å². The molecule has 0 fully saturated rings. The van der Waals surface area contributed by atoms with Crippen molar-refractivity contribution in [3.63, 3.8) is 0 Å². The van der Waals surface area contributed by atoms with E-state index in [2.05, 4.69) is 4.74 Å². The molecule has 0 heterocycles. The maximum absolute atomic E-state index is 11.1. The molecule has 0 N–H and O–H groups in total. The molecule has 0 amide bonds. The number of hydrogen-bond acceptors (Lipinski definition) is 7. The molecule has 106 valence electrons. The standard InChI is InChI=1S/C11H14O7S.K/c1-3-17-11(12)7-18-8-4-5-10(19(13,14)15)9(6-8)16-2;/h4-6H,3,7H2,1-2H3,(H,13,14,15);/q;+1/p-1. The minimum Gasteiger partial charge on any atom is -0.744 e. The Labute approximate surface area is 159 Å². The van der Waals surface area contributed by atoms with Crippen molar-refractivity contribution in [2.45, 2.75) is 11.8 Å². The van der Waals surface area contributed by atoms with Crippen molar-refractivity contribution in [3.05, 3.63) is 18.2 Å². The van der Waals surface area contributed by atoms with Gasteiger partial charge in [0, 0.05) is 6.07 Å². The van der Waals surface area contributed by atoms with Crippen molar-refractivity contribution < 1.29 is 83.4 Å². The molecule has 0 aromatic heterocycles. The third kappa shape index (κ3) is 6.08. The first-order valence-electron chi connectivity index (χ1n) is 5.30. The SMILES string of the molecule is CCOC(=O)COc1ccc(S(=O)(=O)[O-])c(OC)c1.[K+]. The average molecular weight is 328 g/mol. The summed E-state index contributed by atoms with van der Waals surface area (Å²) in [5.74, 6) is -0.504.